The van der Waals surface area contributed by atoms with E-state index in [9.17, 15) is 9.59 Å². The first-order chi connectivity index (χ1) is 14.6. The highest BCUT2D eigenvalue weighted by Gasteiger charge is 2.35. The molecule has 0 spiro atoms. The van der Waals surface area contributed by atoms with E-state index >= 15 is 0 Å². The van der Waals surface area contributed by atoms with Crippen molar-refractivity contribution >= 4 is 17.2 Å². The van der Waals surface area contributed by atoms with Crippen molar-refractivity contribution < 1.29 is 4.79 Å². The van der Waals surface area contributed by atoms with Gasteiger partial charge in [-0.25, -0.2) is 4.98 Å². The predicted molar refractivity (Wildman–Crippen MR) is 118 cm³/mol. The van der Waals surface area contributed by atoms with Gasteiger partial charge >= 0.3 is 0 Å². The van der Waals surface area contributed by atoms with E-state index in [0.29, 0.717) is 11.5 Å². The molecule has 7 heteroatoms. The normalized spacial score (nSPS) is 22.8. The maximum Gasteiger partial charge on any atom is 0.255 e. The number of carbonyl (C=O) groups excluding carboxylic acids is 1. The molecule has 6 nitrogen and oxygen atoms in total. The highest BCUT2D eigenvalue weighted by atomic mass is 32.1. The molecule has 3 aliphatic rings. The van der Waals surface area contributed by atoms with E-state index in [2.05, 4.69) is 15.2 Å². The number of pyridine rings is 1. The molecular weight excluding hydrogens is 396 g/mol. The summed E-state index contributed by atoms with van der Waals surface area (Å²) in [5, 5.41) is 4.07. The van der Waals surface area contributed by atoms with E-state index in [-0.39, 0.29) is 17.5 Å². The smallest absolute Gasteiger partial charge is 0.255 e. The zero-order valence-electron chi connectivity index (χ0n) is 16.9. The predicted octanol–water partition coefficient (Wildman–Crippen LogP) is 3.09. The van der Waals surface area contributed by atoms with E-state index in [1.807, 2.05) is 37.4 Å². The number of benzene rings is 1. The van der Waals surface area contributed by atoms with Gasteiger partial charge in [0.25, 0.3) is 11.5 Å². The number of aryl methyl sites for hydroxylation is 1. The van der Waals surface area contributed by atoms with E-state index < -0.39 is 0 Å². The van der Waals surface area contributed by atoms with Gasteiger partial charge in [-0.1, -0.05) is 12.1 Å². The van der Waals surface area contributed by atoms with Crippen LogP contribution in [-0.4, -0.2) is 46.0 Å². The van der Waals surface area contributed by atoms with Crippen LogP contribution in [0.3, 0.4) is 0 Å². The molecule has 0 saturated carbocycles. The molecule has 1 N–H and O–H groups in total. The topological polar surface area (TPSA) is 67.2 Å². The van der Waals surface area contributed by atoms with Crippen LogP contribution in [-0.2, 0) is 0 Å². The van der Waals surface area contributed by atoms with Crippen molar-refractivity contribution in [2.45, 2.75) is 25.8 Å². The number of piperidine rings is 3. The van der Waals surface area contributed by atoms with Crippen LogP contribution in [0.25, 0.3) is 16.3 Å². The van der Waals surface area contributed by atoms with Crippen LogP contribution in [0.2, 0.25) is 0 Å². The van der Waals surface area contributed by atoms with Crippen molar-refractivity contribution in [3.05, 3.63) is 69.6 Å². The van der Waals surface area contributed by atoms with Crippen LogP contribution < -0.4 is 10.9 Å². The number of para-hydroxylation sites is 1. The first kappa shape index (κ1) is 19.2. The van der Waals surface area contributed by atoms with Crippen LogP contribution in [0.1, 0.15) is 28.1 Å². The Morgan fingerprint density at radius 2 is 1.97 bits per heavy atom. The minimum Gasteiger partial charge on any atom is -0.348 e. The Hall–Kier alpha value is -2.77. The SMILES string of the molecule is Cc1cnc(-c2ccccc2-n2cc(C(=O)NC3CN4CCC3CC4)ccc2=O)s1. The Morgan fingerprint density at radius 3 is 2.67 bits per heavy atom. The maximum absolute atomic E-state index is 13.0. The van der Waals surface area contributed by atoms with Crippen LogP contribution in [0.4, 0.5) is 0 Å². The number of thiazole rings is 1. The second-order valence-electron chi connectivity index (χ2n) is 8.14. The third-order valence-corrected chi connectivity index (χ3v) is 7.11. The lowest BCUT2D eigenvalue weighted by Gasteiger charge is -2.44. The molecule has 1 aromatic carbocycles. The fraction of sp³-hybridized carbons (Fsp3) is 0.348. The molecular formula is C23H24N4O2S. The van der Waals surface area contributed by atoms with Gasteiger partial charge < -0.3 is 10.2 Å². The number of aromatic nitrogens is 2. The zero-order valence-corrected chi connectivity index (χ0v) is 17.7. The lowest BCUT2D eigenvalue weighted by Crippen LogP contribution is -2.57. The summed E-state index contributed by atoms with van der Waals surface area (Å²) in [6.45, 7) is 5.20. The summed E-state index contributed by atoms with van der Waals surface area (Å²) in [5.74, 6) is 0.434. The molecule has 0 radical (unpaired) electrons. The largest absolute Gasteiger partial charge is 0.348 e. The molecule has 1 unspecified atom stereocenters. The standard InChI is InChI=1S/C23H24N4O2S/c1-15-12-24-23(30-15)18-4-2-3-5-20(18)27-13-17(6-7-21(27)28)22(29)25-19-14-26-10-8-16(19)9-11-26/h2-7,12-13,16,19H,8-11,14H2,1H3,(H,25,29). The summed E-state index contributed by atoms with van der Waals surface area (Å²) in [7, 11) is 0. The number of hydrogen-bond acceptors (Lipinski definition) is 5. The molecule has 3 saturated heterocycles. The summed E-state index contributed by atoms with van der Waals surface area (Å²) >= 11 is 1.59. The summed E-state index contributed by atoms with van der Waals surface area (Å²) in [4.78, 5) is 33.7. The third kappa shape index (κ3) is 3.59. The van der Waals surface area contributed by atoms with Crippen LogP contribution in [0.5, 0.6) is 0 Å². The summed E-state index contributed by atoms with van der Waals surface area (Å²) < 4.78 is 1.55. The monoisotopic (exact) mass is 420 g/mol. The van der Waals surface area contributed by atoms with Crippen molar-refractivity contribution in [2.24, 2.45) is 5.92 Å². The van der Waals surface area contributed by atoms with Crippen molar-refractivity contribution in [3.8, 4) is 16.3 Å². The van der Waals surface area contributed by atoms with Crippen molar-refractivity contribution in [1.82, 2.24) is 19.8 Å². The van der Waals surface area contributed by atoms with Crippen LogP contribution in [0.15, 0.2) is 53.6 Å². The van der Waals surface area contributed by atoms with Gasteiger partial charge in [0.05, 0.1) is 11.3 Å². The zero-order chi connectivity index (χ0) is 20.7. The molecule has 2 aromatic heterocycles. The average molecular weight is 421 g/mol. The minimum atomic E-state index is -0.171. The lowest BCUT2D eigenvalue weighted by molar-refractivity contribution is 0.0620. The molecule has 30 heavy (non-hydrogen) atoms. The maximum atomic E-state index is 13.0. The molecule has 2 bridgehead atoms. The van der Waals surface area contributed by atoms with Crippen molar-refractivity contribution in [3.63, 3.8) is 0 Å². The van der Waals surface area contributed by atoms with Gasteiger partial charge in [-0.15, -0.1) is 11.3 Å². The third-order valence-electron chi connectivity index (χ3n) is 6.16. The number of carbonyl (C=O) groups is 1. The lowest BCUT2D eigenvalue weighted by atomic mass is 9.84. The fourth-order valence-corrected chi connectivity index (χ4v) is 5.33. The van der Waals surface area contributed by atoms with E-state index in [1.54, 1.807) is 28.2 Å². The first-order valence-corrected chi connectivity index (χ1v) is 11.2. The number of fused-ring (bicyclic) bond motifs is 3. The Balaban J connectivity index is 1.46. The molecule has 154 valence electrons. The van der Waals surface area contributed by atoms with Gasteiger partial charge in [0, 0.05) is 41.5 Å². The molecule has 3 aliphatic heterocycles. The number of nitrogens with one attached hydrogen (secondary N) is 1. The Labute approximate surface area is 179 Å². The second kappa shape index (κ2) is 7.81. The molecule has 3 aromatic rings. The van der Waals surface area contributed by atoms with Crippen molar-refractivity contribution in [1.29, 1.82) is 0 Å². The van der Waals surface area contributed by atoms with E-state index in [0.717, 1.165) is 53.6 Å². The first-order valence-electron chi connectivity index (χ1n) is 10.4. The number of amides is 1. The molecule has 5 heterocycles. The van der Waals surface area contributed by atoms with E-state index in [1.165, 1.54) is 6.07 Å². The van der Waals surface area contributed by atoms with E-state index in [4.69, 9.17) is 0 Å². The van der Waals surface area contributed by atoms with Crippen LogP contribution in [0, 0.1) is 12.8 Å². The summed E-state index contributed by atoms with van der Waals surface area (Å²) in [6.07, 6.45) is 5.77. The van der Waals surface area contributed by atoms with Gasteiger partial charge in [-0.2, -0.15) is 0 Å². The Morgan fingerprint density at radius 1 is 1.17 bits per heavy atom. The average Bonchev–Trinajstić information content (AvgIpc) is 3.21. The second-order valence-corrected chi connectivity index (χ2v) is 9.37. The highest BCUT2D eigenvalue weighted by molar-refractivity contribution is 7.15. The fourth-order valence-electron chi connectivity index (χ4n) is 4.53. The van der Waals surface area contributed by atoms with Gasteiger partial charge in [-0.3, -0.25) is 14.2 Å². The molecule has 3 fully saturated rings. The summed E-state index contributed by atoms with van der Waals surface area (Å²) in [5.41, 5.74) is 1.94. The van der Waals surface area contributed by atoms with Crippen molar-refractivity contribution in [2.75, 3.05) is 19.6 Å². The molecule has 1 atom stereocenters. The summed E-state index contributed by atoms with van der Waals surface area (Å²) in [6, 6.07) is 10.9. The van der Waals surface area contributed by atoms with Crippen LogP contribution >= 0.6 is 11.3 Å². The number of hydrogen-bond donors (Lipinski definition) is 1. The Kier molecular flexibility index (Phi) is 5.00. The van der Waals surface area contributed by atoms with Gasteiger partial charge in [0.15, 0.2) is 0 Å². The molecule has 0 aliphatic carbocycles. The number of rotatable bonds is 4. The van der Waals surface area contributed by atoms with Gasteiger partial charge in [0.1, 0.15) is 5.01 Å². The highest BCUT2D eigenvalue weighted by Crippen LogP contribution is 2.30. The quantitative estimate of drug-likeness (QED) is 0.704. The molecule has 6 rings (SSSR count). The molecule has 1 amide bonds. The number of nitrogens with zero attached hydrogens (tertiary/aromatic N) is 3. The minimum absolute atomic E-state index is 0.120. The Bertz CT molecular complexity index is 1140. The van der Waals surface area contributed by atoms with Gasteiger partial charge in [-0.05, 0) is 57.0 Å². The van der Waals surface area contributed by atoms with Gasteiger partial charge in [0.2, 0.25) is 0 Å².